The van der Waals surface area contributed by atoms with Gasteiger partial charge < -0.3 is 10.6 Å². The van der Waals surface area contributed by atoms with E-state index in [1.807, 2.05) is 0 Å². The molecule has 2 fully saturated rings. The zero-order valence-electron chi connectivity index (χ0n) is 10.8. The molecule has 2 aliphatic heterocycles. The predicted molar refractivity (Wildman–Crippen MR) is 70.0 cm³/mol. The fourth-order valence-corrected chi connectivity index (χ4v) is 4.58. The van der Waals surface area contributed by atoms with Crippen LogP contribution in [0.4, 0.5) is 0 Å². The maximum absolute atomic E-state index is 12.0. The molecule has 0 aromatic rings. The Labute approximate surface area is 109 Å². The first-order chi connectivity index (χ1) is 8.50. The second-order valence-corrected chi connectivity index (χ2v) is 7.83. The third-order valence-electron chi connectivity index (χ3n) is 4.02. The standard InChI is InChI=1S/C12H22N2O3S/c1-9-4-2-6-13-11(9)12(15)14-8-10-5-3-7-18(10,16)17/h9-11,13H,2-8H2,1H3,(H,14,15). The molecule has 0 aromatic heterocycles. The van der Waals surface area contributed by atoms with E-state index in [9.17, 15) is 13.2 Å². The monoisotopic (exact) mass is 274 g/mol. The molecule has 104 valence electrons. The SMILES string of the molecule is CC1CCCNC1C(=O)NCC1CCCS1(=O)=O. The highest BCUT2D eigenvalue weighted by atomic mass is 32.2. The third-order valence-corrected chi connectivity index (χ3v) is 6.29. The smallest absolute Gasteiger partial charge is 0.237 e. The Hall–Kier alpha value is -0.620. The number of piperidine rings is 1. The van der Waals surface area contributed by atoms with Crippen molar-refractivity contribution in [1.29, 1.82) is 0 Å². The molecule has 2 aliphatic rings. The van der Waals surface area contributed by atoms with Crippen molar-refractivity contribution in [3.05, 3.63) is 0 Å². The van der Waals surface area contributed by atoms with E-state index in [0.29, 0.717) is 12.3 Å². The number of nitrogens with one attached hydrogen (secondary N) is 2. The summed E-state index contributed by atoms with van der Waals surface area (Å²) in [6, 6.07) is -0.164. The molecule has 0 bridgehead atoms. The average Bonchev–Trinajstić information content (AvgIpc) is 2.66. The van der Waals surface area contributed by atoms with Gasteiger partial charge in [0.1, 0.15) is 0 Å². The minimum atomic E-state index is -2.96. The topological polar surface area (TPSA) is 75.3 Å². The Balaban J connectivity index is 1.84. The minimum Gasteiger partial charge on any atom is -0.353 e. The number of carbonyl (C=O) groups is 1. The molecule has 0 radical (unpaired) electrons. The van der Waals surface area contributed by atoms with Crippen molar-refractivity contribution < 1.29 is 13.2 Å². The summed E-state index contributed by atoms with van der Waals surface area (Å²) in [4.78, 5) is 12.0. The van der Waals surface area contributed by atoms with Crippen molar-refractivity contribution in [3.8, 4) is 0 Å². The van der Waals surface area contributed by atoms with Gasteiger partial charge in [-0.3, -0.25) is 4.79 Å². The zero-order chi connectivity index (χ0) is 13.2. The summed E-state index contributed by atoms with van der Waals surface area (Å²) in [5, 5.41) is 5.63. The Morgan fingerprint density at radius 2 is 2.11 bits per heavy atom. The molecular formula is C12H22N2O3S. The number of amides is 1. The average molecular weight is 274 g/mol. The van der Waals surface area contributed by atoms with Gasteiger partial charge in [0.2, 0.25) is 5.91 Å². The first-order valence-corrected chi connectivity index (χ1v) is 8.45. The van der Waals surface area contributed by atoms with E-state index in [-0.39, 0.29) is 29.5 Å². The van der Waals surface area contributed by atoms with Crippen molar-refractivity contribution >= 4 is 15.7 Å². The molecule has 0 aromatic carbocycles. The van der Waals surface area contributed by atoms with Gasteiger partial charge in [-0.25, -0.2) is 8.42 Å². The van der Waals surface area contributed by atoms with Gasteiger partial charge in [0, 0.05) is 6.54 Å². The van der Waals surface area contributed by atoms with Crippen LogP contribution in [0.2, 0.25) is 0 Å². The van der Waals surface area contributed by atoms with Crippen molar-refractivity contribution in [2.24, 2.45) is 5.92 Å². The van der Waals surface area contributed by atoms with Crippen LogP contribution in [0.25, 0.3) is 0 Å². The summed E-state index contributed by atoms with van der Waals surface area (Å²) >= 11 is 0. The quantitative estimate of drug-likeness (QED) is 0.763. The molecule has 0 spiro atoms. The minimum absolute atomic E-state index is 0.0516. The first-order valence-electron chi connectivity index (χ1n) is 6.73. The maximum Gasteiger partial charge on any atom is 0.237 e. The molecular weight excluding hydrogens is 252 g/mol. The molecule has 3 atom stereocenters. The van der Waals surface area contributed by atoms with Crippen molar-refractivity contribution in [2.75, 3.05) is 18.8 Å². The van der Waals surface area contributed by atoms with E-state index >= 15 is 0 Å². The lowest BCUT2D eigenvalue weighted by atomic mass is 9.92. The Morgan fingerprint density at radius 1 is 1.33 bits per heavy atom. The van der Waals surface area contributed by atoms with Crippen LogP contribution in [0, 0.1) is 5.92 Å². The molecule has 0 aliphatic carbocycles. The number of rotatable bonds is 3. The van der Waals surface area contributed by atoms with Crippen LogP contribution in [0.1, 0.15) is 32.6 Å². The summed E-state index contributed by atoms with van der Waals surface area (Å²) in [5.41, 5.74) is 0. The zero-order valence-corrected chi connectivity index (χ0v) is 11.6. The highest BCUT2D eigenvalue weighted by molar-refractivity contribution is 7.92. The molecule has 2 rings (SSSR count). The third kappa shape index (κ3) is 3.03. The summed E-state index contributed by atoms with van der Waals surface area (Å²) in [6.07, 6.45) is 3.55. The van der Waals surface area contributed by atoms with Gasteiger partial charge in [-0.05, 0) is 38.1 Å². The largest absolute Gasteiger partial charge is 0.353 e. The Morgan fingerprint density at radius 3 is 2.72 bits per heavy atom. The van der Waals surface area contributed by atoms with Gasteiger partial charge in [-0.2, -0.15) is 0 Å². The van der Waals surface area contributed by atoms with Gasteiger partial charge in [0.25, 0.3) is 0 Å². The van der Waals surface area contributed by atoms with Gasteiger partial charge in [0.05, 0.1) is 17.0 Å². The molecule has 18 heavy (non-hydrogen) atoms. The van der Waals surface area contributed by atoms with Crippen molar-refractivity contribution in [2.45, 2.75) is 43.9 Å². The number of hydrogen-bond acceptors (Lipinski definition) is 4. The lowest BCUT2D eigenvalue weighted by molar-refractivity contribution is -0.124. The predicted octanol–water partition coefficient (Wildman–Crippen LogP) is 0.0679. The van der Waals surface area contributed by atoms with Crippen LogP contribution in [-0.2, 0) is 14.6 Å². The molecule has 1 amide bonds. The number of sulfone groups is 1. The molecule has 3 unspecified atom stereocenters. The van der Waals surface area contributed by atoms with E-state index in [4.69, 9.17) is 0 Å². The molecule has 0 saturated carbocycles. The van der Waals surface area contributed by atoms with Crippen molar-refractivity contribution in [1.82, 2.24) is 10.6 Å². The van der Waals surface area contributed by atoms with E-state index in [1.165, 1.54) is 0 Å². The summed E-state index contributed by atoms with van der Waals surface area (Å²) in [7, 11) is -2.96. The molecule has 5 nitrogen and oxygen atoms in total. The lowest BCUT2D eigenvalue weighted by Gasteiger charge is -2.29. The van der Waals surface area contributed by atoms with Crippen LogP contribution < -0.4 is 10.6 Å². The Bertz CT molecular complexity index is 408. The Kier molecular flexibility index (Phi) is 4.27. The highest BCUT2D eigenvalue weighted by Crippen LogP contribution is 2.20. The summed E-state index contributed by atoms with van der Waals surface area (Å²) in [5.74, 6) is 0.536. The molecule has 2 saturated heterocycles. The van der Waals surface area contributed by atoms with Crippen LogP contribution in [0.3, 0.4) is 0 Å². The van der Waals surface area contributed by atoms with Crippen LogP contribution in [0.5, 0.6) is 0 Å². The van der Waals surface area contributed by atoms with Crippen LogP contribution >= 0.6 is 0 Å². The lowest BCUT2D eigenvalue weighted by Crippen LogP contribution is -2.52. The van der Waals surface area contributed by atoms with E-state index in [0.717, 1.165) is 25.8 Å². The first kappa shape index (κ1) is 13.8. The van der Waals surface area contributed by atoms with E-state index < -0.39 is 9.84 Å². The summed E-state index contributed by atoms with van der Waals surface area (Å²) < 4.78 is 23.3. The fraction of sp³-hybridized carbons (Fsp3) is 0.917. The van der Waals surface area contributed by atoms with E-state index in [1.54, 1.807) is 0 Å². The molecule has 2 N–H and O–H groups in total. The van der Waals surface area contributed by atoms with Gasteiger partial charge in [-0.15, -0.1) is 0 Å². The second kappa shape index (κ2) is 5.57. The molecule has 2 heterocycles. The number of hydrogen-bond donors (Lipinski definition) is 2. The fourth-order valence-electron chi connectivity index (χ4n) is 2.81. The normalized spacial score (nSPS) is 35.3. The maximum atomic E-state index is 12.0. The highest BCUT2D eigenvalue weighted by Gasteiger charge is 2.33. The van der Waals surface area contributed by atoms with E-state index in [2.05, 4.69) is 17.6 Å². The molecule has 6 heteroatoms. The van der Waals surface area contributed by atoms with Crippen LogP contribution in [0.15, 0.2) is 0 Å². The van der Waals surface area contributed by atoms with Crippen molar-refractivity contribution in [3.63, 3.8) is 0 Å². The second-order valence-electron chi connectivity index (χ2n) is 5.43. The number of carbonyl (C=O) groups excluding carboxylic acids is 1. The van der Waals surface area contributed by atoms with Gasteiger partial charge in [-0.1, -0.05) is 6.92 Å². The van der Waals surface area contributed by atoms with Gasteiger partial charge in [0.15, 0.2) is 9.84 Å². The van der Waals surface area contributed by atoms with Crippen LogP contribution in [-0.4, -0.2) is 44.5 Å². The van der Waals surface area contributed by atoms with Gasteiger partial charge >= 0.3 is 0 Å². The summed E-state index contributed by atoms with van der Waals surface area (Å²) in [6.45, 7) is 3.19.